The van der Waals surface area contributed by atoms with Crippen molar-refractivity contribution in [2.24, 2.45) is 0 Å². The lowest BCUT2D eigenvalue weighted by Crippen LogP contribution is -2.33. The quantitative estimate of drug-likeness (QED) is 0.585. The van der Waals surface area contributed by atoms with E-state index in [2.05, 4.69) is 0 Å². The van der Waals surface area contributed by atoms with E-state index in [0.717, 1.165) is 0 Å². The highest BCUT2D eigenvalue weighted by molar-refractivity contribution is 6.76. The molecule has 0 bridgehead atoms. The van der Waals surface area contributed by atoms with E-state index in [1.807, 2.05) is 5.32 Å². The van der Waals surface area contributed by atoms with Gasteiger partial charge in [-0.3, -0.25) is 9.59 Å². The lowest BCUT2D eigenvalue weighted by Gasteiger charge is -2.17. The maximum absolute atomic E-state index is 13.2. The van der Waals surface area contributed by atoms with Gasteiger partial charge in [-0.2, -0.15) is 13.2 Å². The number of amides is 1. The molecule has 0 radical (unpaired) electrons. The first-order valence-electron chi connectivity index (χ1n) is 6.93. The second-order valence-corrected chi connectivity index (χ2v) is 8.32. The summed E-state index contributed by atoms with van der Waals surface area (Å²) in [5, 5.41) is 2.19. The van der Waals surface area contributed by atoms with Gasteiger partial charge < -0.3 is 9.88 Å². The molecule has 1 aromatic heterocycles. The van der Waals surface area contributed by atoms with Crippen LogP contribution in [-0.2, 0) is 17.5 Å². The molecule has 0 aliphatic heterocycles. The van der Waals surface area contributed by atoms with Gasteiger partial charge in [0.15, 0.2) is 0 Å². The van der Waals surface area contributed by atoms with Crippen molar-refractivity contribution in [1.82, 2.24) is 4.57 Å². The third kappa shape index (κ3) is 5.45. The van der Waals surface area contributed by atoms with E-state index < -0.39 is 32.7 Å². The minimum Gasteiger partial charge on any atom is -0.318 e. The highest BCUT2D eigenvalue weighted by Gasteiger charge is 2.35. The summed E-state index contributed by atoms with van der Waals surface area (Å²) in [6, 6.07) is 4.91. The summed E-state index contributed by atoms with van der Waals surface area (Å²) in [5.41, 5.74) is -2.67. The van der Waals surface area contributed by atoms with Crippen molar-refractivity contribution in [2.45, 2.75) is 16.5 Å². The number of benzene rings is 1. The Morgan fingerprint density at radius 2 is 1.67 bits per heavy atom. The number of halogens is 8. The Bertz CT molecular complexity index is 918. The monoisotopic (exact) mass is 480 g/mol. The number of carbonyl (C=O) groups is 1. The topological polar surface area (TPSA) is 51.1 Å². The number of carbonyl (C=O) groups excluding carboxylic acids is 1. The number of hydrogen-bond acceptors (Lipinski definition) is 2. The molecule has 0 aliphatic carbocycles. The molecule has 0 atom stereocenters. The highest BCUT2D eigenvalue weighted by Crippen LogP contribution is 2.32. The van der Waals surface area contributed by atoms with E-state index in [0.29, 0.717) is 16.8 Å². The number of nitrogens with zero attached hydrogens (tertiary/aromatic N) is 1. The SMILES string of the molecule is O=C(Nc1cc(C(F)(F)F)cn(Cc2c(Cl)cccc2Cl)c1=O)C(Cl)(Cl)Cl. The molecule has 1 N–H and O–H groups in total. The zero-order valence-corrected chi connectivity index (χ0v) is 16.7. The Balaban J connectivity index is 2.58. The lowest BCUT2D eigenvalue weighted by atomic mass is 10.2. The van der Waals surface area contributed by atoms with Gasteiger partial charge in [-0.15, -0.1) is 0 Å². The maximum Gasteiger partial charge on any atom is 0.417 e. The minimum atomic E-state index is -4.81. The van der Waals surface area contributed by atoms with Gasteiger partial charge in [-0.05, 0) is 18.2 Å². The summed E-state index contributed by atoms with van der Waals surface area (Å²) < 4.78 is 37.8. The Labute approximate surface area is 175 Å². The molecule has 2 rings (SSSR count). The van der Waals surface area contributed by atoms with Gasteiger partial charge in [0.2, 0.25) is 0 Å². The number of pyridine rings is 1. The van der Waals surface area contributed by atoms with Gasteiger partial charge in [0.05, 0.1) is 12.1 Å². The fraction of sp³-hybridized carbons (Fsp3) is 0.200. The minimum absolute atomic E-state index is 0.152. The van der Waals surface area contributed by atoms with E-state index in [1.54, 1.807) is 0 Å². The highest BCUT2D eigenvalue weighted by atomic mass is 35.6. The first kappa shape index (κ1) is 22.2. The molecule has 0 unspecified atom stereocenters. The normalized spacial score (nSPS) is 12.1. The number of rotatable bonds is 3. The number of aromatic nitrogens is 1. The number of hydrogen-bond donors (Lipinski definition) is 1. The van der Waals surface area contributed by atoms with Crippen LogP contribution < -0.4 is 10.9 Å². The van der Waals surface area contributed by atoms with E-state index in [9.17, 15) is 22.8 Å². The summed E-state index contributed by atoms with van der Waals surface area (Å²) in [5.74, 6) is -1.29. The van der Waals surface area contributed by atoms with E-state index in [4.69, 9.17) is 58.0 Å². The first-order valence-corrected chi connectivity index (χ1v) is 8.82. The third-order valence-corrected chi connectivity index (χ3v) is 4.53. The number of nitrogens with one attached hydrogen (secondary N) is 1. The van der Waals surface area contributed by atoms with E-state index in [1.165, 1.54) is 18.2 Å². The zero-order valence-electron chi connectivity index (χ0n) is 12.9. The van der Waals surface area contributed by atoms with Crippen molar-refractivity contribution in [2.75, 3.05) is 5.32 Å². The van der Waals surface area contributed by atoms with Crippen LogP contribution in [0.25, 0.3) is 0 Å². The second kappa shape index (κ2) is 8.09. The largest absolute Gasteiger partial charge is 0.417 e. The Hall–Kier alpha value is -1.12. The predicted molar refractivity (Wildman–Crippen MR) is 100 cm³/mol. The van der Waals surface area contributed by atoms with Crippen LogP contribution in [0, 0.1) is 0 Å². The number of anilines is 1. The molecule has 146 valence electrons. The molecule has 0 saturated heterocycles. The van der Waals surface area contributed by atoms with Crippen LogP contribution in [0.5, 0.6) is 0 Å². The van der Waals surface area contributed by atoms with Crippen molar-refractivity contribution in [3.05, 3.63) is 62.0 Å². The van der Waals surface area contributed by atoms with Crippen LogP contribution in [0.15, 0.2) is 35.3 Å². The zero-order chi connectivity index (χ0) is 20.6. The van der Waals surface area contributed by atoms with Gasteiger partial charge in [-0.1, -0.05) is 64.1 Å². The van der Waals surface area contributed by atoms with Crippen molar-refractivity contribution < 1.29 is 18.0 Å². The Morgan fingerprint density at radius 1 is 1.11 bits per heavy atom. The average molecular weight is 482 g/mol. The van der Waals surface area contributed by atoms with Gasteiger partial charge in [-0.25, -0.2) is 0 Å². The van der Waals surface area contributed by atoms with Gasteiger partial charge >= 0.3 is 6.18 Å². The summed E-state index contributed by atoms with van der Waals surface area (Å²) in [6.07, 6.45) is -4.23. The van der Waals surface area contributed by atoms with Gasteiger partial charge in [0, 0.05) is 21.8 Å². The summed E-state index contributed by atoms with van der Waals surface area (Å²) in [6.45, 7) is -0.377. The molecule has 1 amide bonds. The van der Waals surface area contributed by atoms with E-state index in [-0.39, 0.29) is 22.2 Å². The molecular formula is C15H8Cl5F3N2O2. The summed E-state index contributed by atoms with van der Waals surface area (Å²) in [7, 11) is 0. The van der Waals surface area contributed by atoms with Crippen molar-refractivity contribution >= 4 is 69.6 Å². The Kier molecular flexibility index (Phi) is 6.64. The molecular weight excluding hydrogens is 474 g/mol. The molecule has 0 spiro atoms. The standard InChI is InChI=1S/C15H8Cl5F3N2O2/c16-9-2-1-3-10(17)8(9)6-25-5-7(15(21,22)23)4-11(12(25)26)24-13(27)14(18,19)20/h1-5H,6H2,(H,24,27). The fourth-order valence-corrected chi connectivity index (χ4v) is 2.70. The van der Waals surface area contributed by atoms with Gasteiger partial charge in [0.25, 0.3) is 15.3 Å². The smallest absolute Gasteiger partial charge is 0.318 e. The fourth-order valence-electron chi connectivity index (χ4n) is 2.04. The molecule has 27 heavy (non-hydrogen) atoms. The maximum atomic E-state index is 13.2. The van der Waals surface area contributed by atoms with Crippen LogP contribution >= 0.6 is 58.0 Å². The van der Waals surface area contributed by atoms with Crippen LogP contribution in [0.4, 0.5) is 18.9 Å². The molecule has 2 aromatic rings. The third-order valence-electron chi connectivity index (χ3n) is 3.31. The Morgan fingerprint density at radius 3 is 2.15 bits per heavy atom. The van der Waals surface area contributed by atoms with Crippen LogP contribution in [-0.4, -0.2) is 14.3 Å². The van der Waals surface area contributed by atoms with E-state index >= 15 is 0 Å². The summed E-state index contributed by atoms with van der Waals surface area (Å²) in [4.78, 5) is 24.2. The molecule has 0 saturated carbocycles. The second-order valence-electron chi connectivity index (χ2n) is 5.23. The van der Waals surface area contributed by atoms with Gasteiger partial charge in [0.1, 0.15) is 5.69 Å². The van der Waals surface area contributed by atoms with Crippen LogP contribution in [0.1, 0.15) is 11.1 Å². The average Bonchev–Trinajstić information content (AvgIpc) is 2.52. The van der Waals surface area contributed by atoms with Crippen molar-refractivity contribution in [3.63, 3.8) is 0 Å². The molecule has 4 nitrogen and oxygen atoms in total. The van der Waals surface area contributed by atoms with Crippen molar-refractivity contribution in [1.29, 1.82) is 0 Å². The van der Waals surface area contributed by atoms with Crippen LogP contribution in [0.2, 0.25) is 10.0 Å². The predicted octanol–water partition coefficient (Wildman–Crippen LogP) is 5.53. The molecule has 0 aliphatic rings. The number of alkyl halides is 6. The van der Waals surface area contributed by atoms with Crippen LogP contribution in [0.3, 0.4) is 0 Å². The molecule has 1 aromatic carbocycles. The molecule has 12 heteroatoms. The molecule has 1 heterocycles. The molecule has 0 fully saturated rings. The first-order chi connectivity index (χ1) is 12.3. The lowest BCUT2D eigenvalue weighted by molar-refractivity contribution is -0.138. The summed E-state index contributed by atoms with van der Waals surface area (Å²) >= 11 is 28.1. The van der Waals surface area contributed by atoms with Crippen molar-refractivity contribution in [3.8, 4) is 0 Å².